The third-order valence-corrected chi connectivity index (χ3v) is 4.09. The van der Waals surface area contributed by atoms with E-state index < -0.39 is 0 Å². The molecule has 0 bridgehead atoms. The molecule has 0 aliphatic heterocycles. The van der Waals surface area contributed by atoms with Crippen molar-refractivity contribution in [2.45, 2.75) is 50.5 Å². The Kier molecular flexibility index (Phi) is 4.59. The van der Waals surface area contributed by atoms with Crippen molar-refractivity contribution in [2.24, 2.45) is 5.73 Å². The lowest BCUT2D eigenvalue weighted by molar-refractivity contribution is -0.122. The molecule has 1 fully saturated rings. The Hall–Kier alpha value is -1.35. The van der Waals surface area contributed by atoms with Crippen LogP contribution in [0, 0.1) is 0 Å². The molecule has 3 heteroatoms. The van der Waals surface area contributed by atoms with Crippen molar-refractivity contribution in [3.05, 3.63) is 35.9 Å². The van der Waals surface area contributed by atoms with Gasteiger partial charge in [0.1, 0.15) is 0 Å². The van der Waals surface area contributed by atoms with E-state index in [4.69, 9.17) is 5.73 Å². The molecule has 3 nitrogen and oxygen atoms in total. The first kappa shape index (κ1) is 14.1. The normalized spacial score (nSPS) is 19.1. The quantitative estimate of drug-likeness (QED) is 0.855. The first-order chi connectivity index (χ1) is 9.09. The number of nitrogens with two attached hydrogens (primary N) is 1. The van der Waals surface area contributed by atoms with Crippen molar-refractivity contribution in [1.29, 1.82) is 0 Å². The van der Waals surface area contributed by atoms with E-state index in [0.29, 0.717) is 18.9 Å². The fraction of sp³-hybridized carbons (Fsp3) is 0.562. The van der Waals surface area contributed by atoms with E-state index in [1.54, 1.807) is 0 Å². The second kappa shape index (κ2) is 6.20. The molecule has 1 amide bonds. The molecule has 1 aromatic carbocycles. The number of rotatable bonds is 5. The Morgan fingerprint density at radius 3 is 2.58 bits per heavy atom. The van der Waals surface area contributed by atoms with Crippen LogP contribution in [0.1, 0.15) is 50.5 Å². The average molecular weight is 260 g/mol. The summed E-state index contributed by atoms with van der Waals surface area (Å²) in [4.78, 5) is 11.9. The smallest absolute Gasteiger partial charge is 0.221 e. The lowest BCUT2D eigenvalue weighted by Gasteiger charge is -2.23. The first-order valence-corrected chi connectivity index (χ1v) is 7.20. The third kappa shape index (κ3) is 4.06. The van der Waals surface area contributed by atoms with Crippen molar-refractivity contribution in [1.82, 2.24) is 5.32 Å². The van der Waals surface area contributed by atoms with E-state index in [1.165, 1.54) is 5.56 Å². The highest BCUT2D eigenvalue weighted by atomic mass is 16.1. The molecule has 2 rings (SSSR count). The molecule has 1 aromatic rings. The van der Waals surface area contributed by atoms with Crippen LogP contribution < -0.4 is 11.1 Å². The molecule has 0 radical (unpaired) electrons. The van der Waals surface area contributed by atoms with Crippen molar-refractivity contribution in [3.63, 3.8) is 0 Å². The van der Waals surface area contributed by atoms with Gasteiger partial charge in [-0.05, 0) is 24.3 Å². The Bertz CT molecular complexity index is 410. The summed E-state index contributed by atoms with van der Waals surface area (Å²) in [5.41, 5.74) is 7.22. The molecule has 19 heavy (non-hydrogen) atoms. The van der Waals surface area contributed by atoms with Gasteiger partial charge in [-0.15, -0.1) is 0 Å². The van der Waals surface area contributed by atoms with Gasteiger partial charge in [-0.2, -0.15) is 0 Å². The Labute approximate surface area is 115 Å². The van der Waals surface area contributed by atoms with Gasteiger partial charge in [-0.25, -0.2) is 0 Å². The third-order valence-electron chi connectivity index (χ3n) is 4.09. The molecular weight excluding hydrogens is 236 g/mol. The number of nitrogens with one attached hydrogen (secondary N) is 1. The molecule has 104 valence electrons. The second-order valence-corrected chi connectivity index (χ2v) is 5.86. The van der Waals surface area contributed by atoms with Gasteiger partial charge >= 0.3 is 0 Å². The highest BCUT2D eigenvalue weighted by molar-refractivity contribution is 5.77. The molecule has 0 heterocycles. The van der Waals surface area contributed by atoms with E-state index in [-0.39, 0.29) is 11.4 Å². The summed E-state index contributed by atoms with van der Waals surface area (Å²) in [6.07, 6.45) is 4.74. The molecule has 1 saturated carbocycles. The van der Waals surface area contributed by atoms with Crippen molar-refractivity contribution >= 4 is 5.91 Å². The van der Waals surface area contributed by atoms with Crippen LogP contribution in [0.25, 0.3) is 0 Å². The van der Waals surface area contributed by atoms with Gasteiger partial charge in [-0.3, -0.25) is 4.79 Å². The minimum atomic E-state index is -0.250. The van der Waals surface area contributed by atoms with Crippen LogP contribution in [-0.2, 0) is 4.79 Å². The van der Waals surface area contributed by atoms with Gasteiger partial charge in [0.15, 0.2) is 0 Å². The van der Waals surface area contributed by atoms with Crippen LogP contribution in [0.4, 0.5) is 0 Å². The molecule has 1 atom stereocenters. The summed E-state index contributed by atoms with van der Waals surface area (Å²) in [6, 6.07) is 10.3. The maximum absolute atomic E-state index is 11.9. The number of hydrogen-bond acceptors (Lipinski definition) is 2. The van der Waals surface area contributed by atoms with Gasteiger partial charge in [0.05, 0.1) is 0 Å². The highest BCUT2D eigenvalue weighted by Crippen LogP contribution is 2.29. The zero-order chi connectivity index (χ0) is 13.7. The van der Waals surface area contributed by atoms with E-state index >= 15 is 0 Å². The second-order valence-electron chi connectivity index (χ2n) is 5.86. The van der Waals surface area contributed by atoms with E-state index in [0.717, 1.165) is 25.7 Å². The van der Waals surface area contributed by atoms with E-state index in [1.807, 2.05) is 18.2 Å². The van der Waals surface area contributed by atoms with Gasteiger partial charge < -0.3 is 11.1 Å². The Morgan fingerprint density at radius 2 is 1.95 bits per heavy atom. The fourth-order valence-corrected chi connectivity index (χ4v) is 2.80. The average Bonchev–Trinajstić information content (AvgIpc) is 2.83. The summed E-state index contributed by atoms with van der Waals surface area (Å²) in [5, 5.41) is 3.01. The van der Waals surface area contributed by atoms with E-state index in [9.17, 15) is 4.79 Å². The first-order valence-electron chi connectivity index (χ1n) is 7.20. The molecule has 3 N–H and O–H groups in total. The molecule has 0 spiro atoms. The topological polar surface area (TPSA) is 55.1 Å². The zero-order valence-electron chi connectivity index (χ0n) is 11.7. The minimum absolute atomic E-state index is 0.0900. The Balaban J connectivity index is 1.77. The monoisotopic (exact) mass is 260 g/mol. The number of amides is 1. The summed E-state index contributed by atoms with van der Waals surface area (Å²) in [5.74, 6) is 0.426. The predicted molar refractivity (Wildman–Crippen MR) is 77.9 cm³/mol. The Morgan fingerprint density at radius 1 is 1.32 bits per heavy atom. The summed E-state index contributed by atoms with van der Waals surface area (Å²) >= 11 is 0. The van der Waals surface area contributed by atoms with Crippen molar-refractivity contribution in [2.75, 3.05) is 6.54 Å². The maximum Gasteiger partial charge on any atom is 0.221 e. The van der Waals surface area contributed by atoms with E-state index in [2.05, 4.69) is 24.4 Å². The van der Waals surface area contributed by atoms with Crippen LogP contribution in [0.15, 0.2) is 30.3 Å². The van der Waals surface area contributed by atoms with Crippen LogP contribution in [-0.4, -0.2) is 18.0 Å². The molecule has 1 unspecified atom stereocenters. The number of carbonyl (C=O) groups excluding carboxylic acids is 1. The summed E-state index contributed by atoms with van der Waals surface area (Å²) in [7, 11) is 0. The summed E-state index contributed by atoms with van der Waals surface area (Å²) in [6.45, 7) is 2.81. The van der Waals surface area contributed by atoms with Gasteiger partial charge in [0.25, 0.3) is 0 Å². The van der Waals surface area contributed by atoms with Gasteiger partial charge in [0.2, 0.25) is 5.91 Å². The highest BCUT2D eigenvalue weighted by Gasteiger charge is 2.31. The zero-order valence-corrected chi connectivity index (χ0v) is 11.7. The summed E-state index contributed by atoms with van der Waals surface area (Å²) < 4.78 is 0. The lowest BCUT2D eigenvalue weighted by Crippen LogP contribution is -2.42. The van der Waals surface area contributed by atoms with Crippen molar-refractivity contribution in [3.8, 4) is 0 Å². The van der Waals surface area contributed by atoms with Crippen LogP contribution in [0.2, 0.25) is 0 Å². The van der Waals surface area contributed by atoms with Crippen LogP contribution in [0.5, 0.6) is 0 Å². The van der Waals surface area contributed by atoms with Gasteiger partial charge in [0, 0.05) is 18.5 Å². The number of benzene rings is 1. The van der Waals surface area contributed by atoms with Crippen LogP contribution in [0.3, 0.4) is 0 Å². The predicted octanol–water partition coefficient (Wildman–Crippen LogP) is 2.57. The molecule has 1 aliphatic rings. The SMILES string of the molecule is CC(CNC(=O)CC1(N)CCCC1)c1ccccc1. The standard InChI is InChI=1S/C16H24N2O/c1-13(14-7-3-2-4-8-14)12-18-15(19)11-16(17)9-5-6-10-16/h2-4,7-8,13H,5-6,9-12,17H2,1H3,(H,18,19). The lowest BCUT2D eigenvalue weighted by atomic mass is 9.94. The minimum Gasteiger partial charge on any atom is -0.355 e. The van der Waals surface area contributed by atoms with Gasteiger partial charge in [-0.1, -0.05) is 50.1 Å². The van der Waals surface area contributed by atoms with Crippen LogP contribution >= 0.6 is 0 Å². The maximum atomic E-state index is 11.9. The molecular formula is C16H24N2O. The fourth-order valence-electron chi connectivity index (χ4n) is 2.80. The largest absolute Gasteiger partial charge is 0.355 e. The molecule has 0 saturated heterocycles. The number of hydrogen-bond donors (Lipinski definition) is 2. The molecule has 1 aliphatic carbocycles. The molecule has 0 aromatic heterocycles. The van der Waals surface area contributed by atoms with Crippen molar-refractivity contribution < 1.29 is 4.79 Å². The number of carbonyl (C=O) groups is 1.